The van der Waals surface area contributed by atoms with Crippen molar-refractivity contribution in [1.82, 2.24) is 4.90 Å². The second kappa shape index (κ2) is 6.60. The Balaban J connectivity index is 2.52. The van der Waals surface area contributed by atoms with E-state index in [1.54, 1.807) is 17.9 Å². The van der Waals surface area contributed by atoms with Gasteiger partial charge in [0.05, 0.1) is 18.3 Å². The average molecular weight is 299 g/mol. The monoisotopic (exact) mass is 299 g/mol. The van der Waals surface area contributed by atoms with Gasteiger partial charge in [0.2, 0.25) is 0 Å². The summed E-state index contributed by atoms with van der Waals surface area (Å²) in [5.41, 5.74) is 3.44. The van der Waals surface area contributed by atoms with E-state index in [0.717, 1.165) is 17.5 Å². The maximum atomic E-state index is 12.6. The number of nitrogens with zero attached hydrogens (tertiary/aromatic N) is 1. The molecule has 0 saturated heterocycles. The molecule has 1 aliphatic rings. The zero-order valence-corrected chi connectivity index (χ0v) is 13.5. The fourth-order valence-electron chi connectivity index (χ4n) is 2.65. The van der Waals surface area contributed by atoms with Crippen molar-refractivity contribution in [2.24, 2.45) is 0 Å². The molecule has 1 amide bonds. The Kier molecular flexibility index (Phi) is 4.81. The molecule has 0 saturated carbocycles. The molecule has 0 aliphatic carbocycles. The van der Waals surface area contributed by atoms with Crippen molar-refractivity contribution in [2.75, 3.05) is 13.7 Å². The van der Waals surface area contributed by atoms with Crippen LogP contribution in [0.1, 0.15) is 31.4 Å². The summed E-state index contributed by atoms with van der Waals surface area (Å²) in [6.07, 6.45) is 2.59. The Morgan fingerprint density at radius 2 is 2.05 bits per heavy atom. The largest absolute Gasteiger partial charge is 0.465 e. The molecule has 1 aromatic rings. The number of allylic oxidation sites excluding steroid dienone is 1. The number of hydrogen-bond donors (Lipinski definition) is 0. The Morgan fingerprint density at radius 3 is 2.64 bits per heavy atom. The van der Waals surface area contributed by atoms with E-state index in [1.165, 1.54) is 7.11 Å². The van der Waals surface area contributed by atoms with Gasteiger partial charge in [-0.2, -0.15) is 0 Å². The van der Waals surface area contributed by atoms with Crippen molar-refractivity contribution < 1.29 is 14.3 Å². The summed E-state index contributed by atoms with van der Waals surface area (Å²) in [5.74, 6) is -0.607. The lowest BCUT2D eigenvalue weighted by atomic mass is 10.0. The number of aryl methyl sites for hydroxylation is 1. The Labute approximate surface area is 131 Å². The molecular weight excluding hydrogens is 278 g/mol. The van der Waals surface area contributed by atoms with Crippen LogP contribution in [-0.2, 0) is 14.3 Å². The van der Waals surface area contributed by atoms with E-state index in [1.807, 2.05) is 38.1 Å². The van der Waals surface area contributed by atoms with Crippen molar-refractivity contribution in [3.63, 3.8) is 0 Å². The lowest BCUT2D eigenvalue weighted by Gasteiger charge is -2.16. The van der Waals surface area contributed by atoms with Crippen molar-refractivity contribution >= 4 is 18.0 Å². The highest BCUT2D eigenvalue weighted by atomic mass is 16.5. The van der Waals surface area contributed by atoms with Gasteiger partial charge in [0.15, 0.2) is 0 Å². The fourth-order valence-corrected chi connectivity index (χ4v) is 2.65. The first kappa shape index (κ1) is 16.0. The molecule has 0 N–H and O–H groups in total. The van der Waals surface area contributed by atoms with E-state index in [9.17, 15) is 9.59 Å². The van der Waals surface area contributed by atoms with Crippen LogP contribution < -0.4 is 0 Å². The van der Waals surface area contributed by atoms with E-state index in [-0.39, 0.29) is 5.91 Å². The van der Waals surface area contributed by atoms with Crippen LogP contribution in [0.15, 0.2) is 41.1 Å². The molecule has 0 fully saturated rings. The minimum atomic E-state index is -0.469. The van der Waals surface area contributed by atoms with Crippen molar-refractivity contribution in [3.8, 4) is 0 Å². The molecule has 116 valence electrons. The number of carbonyl (C=O) groups is 2. The maximum Gasteiger partial charge on any atom is 0.340 e. The first-order valence-electron chi connectivity index (χ1n) is 7.39. The van der Waals surface area contributed by atoms with Crippen LogP contribution in [0.2, 0.25) is 0 Å². The van der Waals surface area contributed by atoms with Crippen LogP contribution >= 0.6 is 0 Å². The highest BCUT2D eigenvalue weighted by Crippen LogP contribution is 2.31. The lowest BCUT2D eigenvalue weighted by molar-refractivity contribution is -0.136. The van der Waals surface area contributed by atoms with Gasteiger partial charge in [-0.25, -0.2) is 4.79 Å². The quantitative estimate of drug-likeness (QED) is 0.634. The van der Waals surface area contributed by atoms with E-state index >= 15 is 0 Å². The topological polar surface area (TPSA) is 46.6 Å². The third-order valence-corrected chi connectivity index (χ3v) is 3.70. The molecule has 1 heterocycles. The van der Waals surface area contributed by atoms with Crippen molar-refractivity contribution in [1.29, 1.82) is 0 Å². The molecule has 0 radical (unpaired) electrons. The first-order chi connectivity index (χ1) is 10.5. The number of esters is 1. The van der Waals surface area contributed by atoms with Crippen molar-refractivity contribution in [2.45, 2.75) is 27.2 Å². The standard InChI is InChI=1S/C18H21NO3/c1-5-9-19-13(3)16(18(21)22-4)15(17(19)20)11-14-8-6-7-12(2)10-14/h6-8,10-11H,5,9H2,1-4H3/b15-11-. The summed E-state index contributed by atoms with van der Waals surface area (Å²) in [5, 5.41) is 0. The fraction of sp³-hybridized carbons (Fsp3) is 0.333. The summed E-state index contributed by atoms with van der Waals surface area (Å²) in [6, 6.07) is 7.82. The molecular formula is C18H21NO3. The summed E-state index contributed by atoms with van der Waals surface area (Å²) in [7, 11) is 1.33. The van der Waals surface area contributed by atoms with Gasteiger partial charge in [0.25, 0.3) is 5.91 Å². The van der Waals surface area contributed by atoms with E-state index in [4.69, 9.17) is 4.74 Å². The molecule has 2 rings (SSSR count). The van der Waals surface area contributed by atoms with Gasteiger partial charge < -0.3 is 9.64 Å². The molecule has 0 aromatic heterocycles. The Bertz CT molecular complexity index is 671. The summed E-state index contributed by atoms with van der Waals surface area (Å²) in [6.45, 7) is 6.37. The minimum Gasteiger partial charge on any atom is -0.465 e. The summed E-state index contributed by atoms with van der Waals surface area (Å²) < 4.78 is 4.85. The number of methoxy groups -OCH3 is 1. The smallest absolute Gasteiger partial charge is 0.340 e. The van der Waals surface area contributed by atoms with Gasteiger partial charge in [-0.3, -0.25) is 4.79 Å². The number of hydrogen-bond acceptors (Lipinski definition) is 3. The maximum absolute atomic E-state index is 12.6. The van der Waals surface area contributed by atoms with Crippen molar-refractivity contribution in [3.05, 3.63) is 52.2 Å². The molecule has 0 spiro atoms. The number of rotatable bonds is 4. The third-order valence-electron chi connectivity index (χ3n) is 3.70. The molecule has 1 aromatic carbocycles. The molecule has 4 nitrogen and oxygen atoms in total. The lowest BCUT2D eigenvalue weighted by Crippen LogP contribution is -2.25. The SMILES string of the molecule is CCCN1C(=O)/C(=C\c2cccc(C)c2)C(C(=O)OC)=C1C. The molecule has 0 unspecified atom stereocenters. The molecule has 22 heavy (non-hydrogen) atoms. The van der Waals surface area contributed by atoms with Crippen LogP contribution in [0, 0.1) is 6.92 Å². The highest BCUT2D eigenvalue weighted by Gasteiger charge is 2.36. The van der Waals surface area contributed by atoms with Crippen LogP contribution in [-0.4, -0.2) is 30.4 Å². The van der Waals surface area contributed by atoms with E-state index in [2.05, 4.69) is 0 Å². The summed E-state index contributed by atoms with van der Waals surface area (Å²) >= 11 is 0. The Hall–Kier alpha value is -2.36. The summed E-state index contributed by atoms with van der Waals surface area (Å²) in [4.78, 5) is 26.4. The minimum absolute atomic E-state index is 0.138. The molecule has 4 heteroatoms. The van der Waals surface area contributed by atoms with Crippen LogP contribution in [0.3, 0.4) is 0 Å². The van der Waals surface area contributed by atoms with Gasteiger partial charge in [-0.05, 0) is 31.9 Å². The Morgan fingerprint density at radius 1 is 1.32 bits per heavy atom. The van der Waals surface area contributed by atoms with Crippen LogP contribution in [0.5, 0.6) is 0 Å². The number of benzene rings is 1. The van der Waals surface area contributed by atoms with Gasteiger partial charge in [-0.1, -0.05) is 36.8 Å². The highest BCUT2D eigenvalue weighted by molar-refractivity contribution is 6.16. The normalized spacial score (nSPS) is 16.6. The number of ether oxygens (including phenoxy) is 1. The average Bonchev–Trinajstić information content (AvgIpc) is 2.72. The number of amides is 1. The van der Waals surface area contributed by atoms with Gasteiger partial charge in [0.1, 0.15) is 0 Å². The van der Waals surface area contributed by atoms with Crippen LogP contribution in [0.4, 0.5) is 0 Å². The molecule has 0 bridgehead atoms. The zero-order valence-electron chi connectivity index (χ0n) is 13.5. The predicted octanol–water partition coefficient (Wildman–Crippen LogP) is 3.08. The van der Waals surface area contributed by atoms with Gasteiger partial charge in [0, 0.05) is 12.2 Å². The van der Waals surface area contributed by atoms with E-state index < -0.39 is 5.97 Å². The first-order valence-corrected chi connectivity index (χ1v) is 7.39. The second-order valence-electron chi connectivity index (χ2n) is 5.38. The molecule has 1 aliphatic heterocycles. The predicted molar refractivity (Wildman–Crippen MR) is 85.9 cm³/mol. The van der Waals surface area contributed by atoms with E-state index in [0.29, 0.717) is 23.4 Å². The third kappa shape index (κ3) is 2.96. The zero-order chi connectivity index (χ0) is 16.3. The second-order valence-corrected chi connectivity index (χ2v) is 5.38. The van der Waals surface area contributed by atoms with Gasteiger partial charge >= 0.3 is 5.97 Å². The van der Waals surface area contributed by atoms with Crippen LogP contribution in [0.25, 0.3) is 6.08 Å². The number of carbonyl (C=O) groups excluding carboxylic acids is 2. The molecule has 0 atom stereocenters. The van der Waals surface area contributed by atoms with Gasteiger partial charge in [-0.15, -0.1) is 0 Å².